The number of H-pyrrole nitrogens is 1. The van der Waals surface area contributed by atoms with Crippen molar-refractivity contribution in [2.45, 2.75) is 45.6 Å². The SMILES string of the molecule is CC(C)Oc1ccc(Br)c(CC2CCN(CCc3cc(=O)n(-c4ccccc4)c(=O)[nH]3)CC2)c1. The Morgan fingerprint density at radius 1 is 1.06 bits per heavy atom. The van der Waals surface area contributed by atoms with Crippen molar-refractivity contribution >= 4 is 15.9 Å². The fourth-order valence-corrected chi connectivity index (χ4v) is 4.96. The van der Waals surface area contributed by atoms with Crippen molar-refractivity contribution in [3.63, 3.8) is 0 Å². The summed E-state index contributed by atoms with van der Waals surface area (Å²) < 4.78 is 8.18. The van der Waals surface area contributed by atoms with Gasteiger partial charge >= 0.3 is 5.69 Å². The average Bonchev–Trinajstić information content (AvgIpc) is 2.81. The van der Waals surface area contributed by atoms with Gasteiger partial charge in [0.15, 0.2) is 0 Å². The van der Waals surface area contributed by atoms with Gasteiger partial charge in [-0.15, -0.1) is 0 Å². The Kier molecular flexibility index (Phi) is 8.06. The highest BCUT2D eigenvalue weighted by molar-refractivity contribution is 9.10. The van der Waals surface area contributed by atoms with Crippen LogP contribution in [-0.4, -0.2) is 40.2 Å². The molecule has 1 fully saturated rings. The van der Waals surface area contributed by atoms with E-state index in [1.165, 1.54) is 10.1 Å². The van der Waals surface area contributed by atoms with Crippen molar-refractivity contribution in [2.75, 3.05) is 19.6 Å². The summed E-state index contributed by atoms with van der Waals surface area (Å²) in [7, 11) is 0. The molecule has 0 atom stereocenters. The van der Waals surface area contributed by atoms with E-state index in [1.807, 2.05) is 38.1 Å². The zero-order valence-corrected chi connectivity index (χ0v) is 21.4. The highest BCUT2D eigenvalue weighted by atomic mass is 79.9. The van der Waals surface area contributed by atoms with E-state index in [4.69, 9.17) is 4.74 Å². The van der Waals surface area contributed by atoms with Gasteiger partial charge in [0.25, 0.3) is 5.56 Å². The van der Waals surface area contributed by atoms with Crippen molar-refractivity contribution in [2.24, 2.45) is 5.92 Å². The Balaban J connectivity index is 1.31. The van der Waals surface area contributed by atoms with Crippen molar-refractivity contribution in [3.05, 3.63) is 91.2 Å². The van der Waals surface area contributed by atoms with Crippen molar-refractivity contribution < 1.29 is 4.74 Å². The van der Waals surface area contributed by atoms with E-state index in [-0.39, 0.29) is 17.4 Å². The molecule has 0 radical (unpaired) electrons. The lowest BCUT2D eigenvalue weighted by Crippen LogP contribution is -2.37. The van der Waals surface area contributed by atoms with Gasteiger partial charge in [0, 0.05) is 29.2 Å². The number of benzene rings is 2. The number of hydrogen-bond acceptors (Lipinski definition) is 4. The first-order chi connectivity index (χ1) is 16.4. The molecule has 180 valence electrons. The molecule has 0 spiro atoms. The lowest BCUT2D eigenvalue weighted by atomic mass is 9.90. The Hall–Kier alpha value is -2.64. The molecule has 1 N–H and O–H groups in total. The summed E-state index contributed by atoms with van der Waals surface area (Å²) in [5, 5.41) is 0. The molecule has 7 heteroatoms. The van der Waals surface area contributed by atoms with Crippen LogP contribution in [0.2, 0.25) is 0 Å². The maximum absolute atomic E-state index is 12.6. The molecule has 34 heavy (non-hydrogen) atoms. The smallest absolute Gasteiger partial charge is 0.333 e. The summed E-state index contributed by atoms with van der Waals surface area (Å²) in [5.41, 5.74) is 1.89. The third kappa shape index (κ3) is 6.27. The monoisotopic (exact) mass is 525 g/mol. The number of nitrogens with one attached hydrogen (secondary N) is 1. The zero-order chi connectivity index (χ0) is 24.1. The van der Waals surface area contributed by atoms with Crippen molar-refractivity contribution in [1.29, 1.82) is 0 Å². The second kappa shape index (κ2) is 11.2. The standard InChI is InChI=1S/C27H32BrN3O3/c1-19(2)34-24-8-9-25(28)21(17-24)16-20-10-13-30(14-11-20)15-12-22-18-26(32)31(27(33)29-22)23-6-4-3-5-7-23/h3-9,17-20H,10-16H2,1-2H3,(H,29,33). The molecule has 3 aromatic rings. The van der Waals surface area contributed by atoms with Gasteiger partial charge in [0.05, 0.1) is 11.8 Å². The van der Waals surface area contributed by atoms with Gasteiger partial charge < -0.3 is 14.6 Å². The van der Waals surface area contributed by atoms with Crippen molar-refractivity contribution in [1.82, 2.24) is 14.5 Å². The molecule has 0 amide bonds. The Morgan fingerprint density at radius 2 is 1.79 bits per heavy atom. The Morgan fingerprint density at radius 3 is 2.47 bits per heavy atom. The first kappa shape index (κ1) is 24.5. The first-order valence-electron chi connectivity index (χ1n) is 12.0. The molecule has 1 aliphatic heterocycles. The molecule has 1 saturated heterocycles. The van der Waals surface area contributed by atoms with E-state index in [1.54, 1.807) is 18.2 Å². The van der Waals surface area contributed by atoms with Crippen LogP contribution in [0.1, 0.15) is 37.9 Å². The van der Waals surface area contributed by atoms with Crippen LogP contribution in [0.3, 0.4) is 0 Å². The quantitative estimate of drug-likeness (QED) is 0.467. The van der Waals surface area contributed by atoms with Crippen LogP contribution in [0.5, 0.6) is 5.75 Å². The summed E-state index contributed by atoms with van der Waals surface area (Å²) >= 11 is 3.70. The van der Waals surface area contributed by atoms with Crippen LogP contribution >= 0.6 is 15.9 Å². The number of nitrogens with zero attached hydrogens (tertiary/aromatic N) is 2. The largest absolute Gasteiger partial charge is 0.491 e. The molecule has 6 nitrogen and oxygen atoms in total. The van der Waals surface area contributed by atoms with Gasteiger partial charge in [0.2, 0.25) is 0 Å². The third-order valence-corrected chi connectivity index (χ3v) is 7.08. The second-order valence-electron chi connectivity index (χ2n) is 9.27. The number of likely N-dealkylation sites (tertiary alicyclic amines) is 1. The van der Waals surface area contributed by atoms with E-state index < -0.39 is 0 Å². The van der Waals surface area contributed by atoms with Crippen LogP contribution in [0.25, 0.3) is 5.69 Å². The zero-order valence-electron chi connectivity index (χ0n) is 19.8. The molecule has 2 heterocycles. The van der Waals surface area contributed by atoms with E-state index in [0.717, 1.165) is 49.1 Å². The van der Waals surface area contributed by atoms with Gasteiger partial charge in [-0.3, -0.25) is 4.79 Å². The molecule has 1 aromatic heterocycles. The second-order valence-corrected chi connectivity index (χ2v) is 10.1. The van der Waals surface area contributed by atoms with E-state index in [9.17, 15) is 9.59 Å². The number of aromatic nitrogens is 2. The number of para-hydroxylation sites is 1. The van der Waals surface area contributed by atoms with Crippen LogP contribution < -0.4 is 16.0 Å². The number of rotatable bonds is 8. The average molecular weight is 526 g/mol. The van der Waals surface area contributed by atoms with Crippen LogP contribution in [0.4, 0.5) is 0 Å². The van der Waals surface area contributed by atoms with Crippen molar-refractivity contribution in [3.8, 4) is 11.4 Å². The highest BCUT2D eigenvalue weighted by Crippen LogP contribution is 2.29. The van der Waals surface area contributed by atoms with Gasteiger partial charge in [-0.05, 0) is 88.0 Å². The number of hydrogen-bond donors (Lipinski definition) is 1. The van der Waals surface area contributed by atoms with Gasteiger partial charge in [0.1, 0.15) is 5.75 Å². The topological polar surface area (TPSA) is 67.3 Å². The molecular formula is C27H32BrN3O3. The molecular weight excluding hydrogens is 494 g/mol. The molecule has 0 saturated carbocycles. The summed E-state index contributed by atoms with van der Waals surface area (Å²) in [6, 6.07) is 16.8. The fraction of sp³-hybridized carbons (Fsp3) is 0.407. The van der Waals surface area contributed by atoms with E-state index in [2.05, 4.69) is 37.9 Å². The van der Waals surface area contributed by atoms with Gasteiger partial charge in [-0.2, -0.15) is 0 Å². The summed E-state index contributed by atoms with van der Waals surface area (Å²) in [4.78, 5) is 30.4. The minimum Gasteiger partial charge on any atom is -0.491 e. The van der Waals surface area contributed by atoms with Crippen LogP contribution in [-0.2, 0) is 12.8 Å². The number of halogens is 1. The van der Waals surface area contributed by atoms with E-state index in [0.29, 0.717) is 23.7 Å². The summed E-state index contributed by atoms with van der Waals surface area (Å²) in [6.07, 6.45) is 4.12. The summed E-state index contributed by atoms with van der Waals surface area (Å²) in [6.45, 7) is 6.97. The molecule has 1 aliphatic rings. The molecule has 0 bridgehead atoms. The lowest BCUT2D eigenvalue weighted by Gasteiger charge is -2.32. The van der Waals surface area contributed by atoms with Crippen LogP contribution in [0.15, 0.2) is 68.7 Å². The lowest BCUT2D eigenvalue weighted by molar-refractivity contribution is 0.185. The first-order valence-corrected chi connectivity index (χ1v) is 12.8. The van der Waals surface area contributed by atoms with Gasteiger partial charge in [-0.25, -0.2) is 9.36 Å². The third-order valence-electron chi connectivity index (χ3n) is 6.31. The fourth-order valence-electron chi connectivity index (χ4n) is 4.56. The van der Waals surface area contributed by atoms with E-state index >= 15 is 0 Å². The summed E-state index contributed by atoms with van der Waals surface area (Å²) in [5.74, 6) is 1.56. The number of ether oxygens (including phenoxy) is 1. The predicted octanol–water partition coefficient (Wildman–Crippen LogP) is 4.57. The molecule has 0 aliphatic carbocycles. The molecule has 4 rings (SSSR count). The maximum Gasteiger partial charge on any atom is 0.333 e. The van der Waals surface area contributed by atoms with Crippen LogP contribution in [0, 0.1) is 5.92 Å². The Bertz CT molecular complexity index is 1180. The van der Waals surface area contributed by atoms with Gasteiger partial charge in [-0.1, -0.05) is 34.1 Å². The highest BCUT2D eigenvalue weighted by Gasteiger charge is 2.21. The predicted molar refractivity (Wildman–Crippen MR) is 139 cm³/mol. The maximum atomic E-state index is 12.6. The molecule has 2 aromatic carbocycles. The normalized spacial score (nSPS) is 15.1. The molecule has 0 unspecified atom stereocenters. The minimum atomic E-state index is -0.387. The number of piperidine rings is 1. The number of aromatic amines is 1. The Labute approximate surface area is 208 Å². The minimum absolute atomic E-state index is 0.165.